The molecule has 1 atom stereocenters. The van der Waals surface area contributed by atoms with E-state index < -0.39 is 0 Å². The lowest BCUT2D eigenvalue weighted by Crippen LogP contribution is -2.43. The van der Waals surface area contributed by atoms with E-state index in [4.69, 9.17) is 11.6 Å². The zero-order valence-electron chi connectivity index (χ0n) is 10.5. The molecular formula is C14H17ClFNO. The highest BCUT2D eigenvalue weighted by molar-refractivity contribution is 6.31. The first-order chi connectivity index (χ1) is 8.59. The number of carbonyl (C=O) groups excluding carboxylic acids is 1. The summed E-state index contributed by atoms with van der Waals surface area (Å²) in [5.74, 6) is -0.141. The Kier molecular flexibility index (Phi) is 4.36. The van der Waals surface area contributed by atoms with Crippen molar-refractivity contribution in [1.29, 1.82) is 0 Å². The summed E-state index contributed by atoms with van der Waals surface area (Å²) in [7, 11) is 0. The Morgan fingerprint density at radius 1 is 1.50 bits per heavy atom. The molecule has 2 rings (SSSR count). The molecule has 1 unspecified atom stereocenters. The van der Waals surface area contributed by atoms with Crippen LogP contribution in [0.2, 0.25) is 5.02 Å². The Balaban J connectivity index is 2.18. The van der Waals surface area contributed by atoms with Gasteiger partial charge in [-0.05, 0) is 38.4 Å². The van der Waals surface area contributed by atoms with E-state index in [2.05, 4.69) is 0 Å². The Bertz CT molecular complexity index is 429. The lowest BCUT2D eigenvalue weighted by atomic mass is 9.98. The largest absolute Gasteiger partial charge is 0.298 e. The van der Waals surface area contributed by atoms with Gasteiger partial charge in [-0.3, -0.25) is 9.69 Å². The maximum absolute atomic E-state index is 13.7. The van der Waals surface area contributed by atoms with Crippen molar-refractivity contribution in [3.63, 3.8) is 0 Å². The third kappa shape index (κ3) is 2.90. The van der Waals surface area contributed by atoms with Crippen LogP contribution in [0.1, 0.15) is 31.7 Å². The molecule has 1 aromatic rings. The molecule has 2 nitrogen and oxygen atoms in total. The molecule has 98 valence electrons. The Hall–Kier alpha value is -0.930. The van der Waals surface area contributed by atoms with Gasteiger partial charge in [0.05, 0.1) is 6.04 Å². The van der Waals surface area contributed by atoms with Gasteiger partial charge in [0.1, 0.15) is 11.6 Å². The van der Waals surface area contributed by atoms with Crippen LogP contribution in [-0.4, -0.2) is 23.3 Å². The minimum atomic E-state index is -0.296. The van der Waals surface area contributed by atoms with E-state index in [0.29, 0.717) is 17.1 Å². The van der Waals surface area contributed by atoms with Crippen molar-refractivity contribution in [3.05, 3.63) is 34.6 Å². The summed E-state index contributed by atoms with van der Waals surface area (Å²) in [4.78, 5) is 13.6. The molecule has 1 fully saturated rings. The number of piperidine rings is 1. The minimum absolute atomic E-state index is 0.0885. The maximum Gasteiger partial charge on any atom is 0.146 e. The quantitative estimate of drug-likeness (QED) is 0.838. The van der Waals surface area contributed by atoms with Crippen LogP contribution in [0.5, 0.6) is 0 Å². The van der Waals surface area contributed by atoms with Gasteiger partial charge in [-0.15, -0.1) is 0 Å². The fraction of sp³-hybridized carbons (Fsp3) is 0.500. The SMILES string of the molecule is CC(=O)C1CCCCN1Cc1c(F)cccc1Cl. The van der Waals surface area contributed by atoms with Crippen molar-refractivity contribution in [3.8, 4) is 0 Å². The molecule has 0 aliphatic carbocycles. The van der Waals surface area contributed by atoms with Crippen LogP contribution in [0.25, 0.3) is 0 Å². The highest BCUT2D eigenvalue weighted by Gasteiger charge is 2.27. The summed E-state index contributed by atoms with van der Waals surface area (Å²) in [6.45, 7) is 2.84. The molecule has 1 heterocycles. The molecule has 0 aromatic heterocycles. The third-order valence-corrected chi connectivity index (χ3v) is 3.86. The van der Waals surface area contributed by atoms with E-state index in [0.717, 1.165) is 25.8 Å². The summed E-state index contributed by atoms with van der Waals surface area (Å²) in [5, 5.41) is 0.433. The van der Waals surface area contributed by atoms with Crippen LogP contribution in [0, 0.1) is 5.82 Å². The van der Waals surface area contributed by atoms with Gasteiger partial charge in [-0.1, -0.05) is 24.1 Å². The van der Waals surface area contributed by atoms with Crippen molar-refractivity contribution in [2.24, 2.45) is 0 Å². The Morgan fingerprint density at radius 2 is 2.28 bits per heavy atom. The molecule has 0 spiro atoms. The van der Waals surface area contributed by atoms with Crippen molar-refractivity contribution in [1.82, 2.24) is 4.90 Å². The number of halogens is 2. The van der Waals surface area contributed by atoms with Crippen LogP contribution in [0.3, 0.4) is 0 Å². The number of nitrogens with zero attached hydrogens (tertiary/aromatic N) is 1. The number of rotatable bonds is 3. The van der Waals surface area contributed by atoms with Gasteiger partial charge in [0.25, 0.3) is 0 Å². The molecule has 18 heavy (non-hydrogen) atoms. The number of hydrogen-bond acceptors (Lipinski definition) is 2. The predicted molar refractivity (Wildman–Crippen MR) is 70.1 cm³/mol. The van der Waals surface area contributed by atoms with Gasteiger partial charge in [-0.2, -0.15) is 0 Å². The molecule has 0 bridgehead atoms. The monoisotopic (exact) mass is 269 g/mol. The van der Waals surface area contributed by atoms with Crippen LogP contribution < -0.4 is 0 Å². The molecule has 4 heteroatoms. The van der Waals surface area contributed by atoms with Crippen LogP contribution in [0.15, 0.2) is 18.2 Å². The van der Waals surface area contributed by atoms with Crippen molar-refractivity contribution in [2.45, 2.75) is 38.8 Å². The van der Waals surface area contributed by atoms with Gasteiger partial charge in [0.2, 0.25) is 0 Å². The minimum Gasteiger partial charge on any atom is -0.298 e. The summed E-state index contributed by atoms with van der Waals surface area (Å²) in [6, 6.07) is 4.61. The predicted octanol–water partition coefficient (Wildman–Crippen LogP) is 3.42. The summed E-state index contributed by atoms with van der Waals surface area (Å²) in [5.41, 5.74) is 0.493. The highest BCUT2D eigenvalue weighted by Crippen LogP contribution is 2.25. The number of Topliss-reactive ketones (excluding diaryl/α,β-unsaturated/α-hetero) is 1. The fourth-order valence-electron chi connectivity index (χ4n) is 2.53. The Labute approximate surface area is 112 Å². The second kappa shape index (κ2) is 5.81. The Morgan fingerprint density at radius 3 is 2.94 bits per heavy atom. The summed E-state index contributed by atoms with van der Waals surface area (Å²) < 4.78 is 13.7. The summed E-state index contributed by atoms with van der Waals surface area (Å²) >= 11 is 6.02. The lowest BCUT2D eigenvalue weighted by Gasteiger charge is -2.34. The second-order valence-corrected chi connectivity index (χ2v) is 5.20. The zero-order chi connectivity index (χ0) is 13.1. The van der Waals surface area contributed by atoms with E-state index >= 15 is 0 Å². The first kappa shape index (κ1) is 13.5. The average molecular weight is 270 g/mol. The van der Waals surface area contributed by atoms with Crippen molar-refractivity contribution < 1.29 is 9.18 Å². The molecule has 1 aliphatic heterocycles. The van der Waals surface area contributed by atoms with E-state index in [9.17, 15) is 9.18 Å². The van der Waals surface area contributed by atoms with Crippen molar-refractivity contribution >= 4 is 17.4 Å². The number of ketones is 1. The maximum atomic E-state index is 13.7. The fourth-order valence-corrected chi connectivity index (χ4v) is 2.75. The van der Waals surface area contributed by atoms with E-state index in [1.807, 2.05) is 4.90 Å². The van der Waals surface area contributed by atoms with Crippen molar-refractivity contribution in [2.75, 3.05) is 6.54 Å². The van der Waals surface area contributed by atoms with Gasteiger partial charge >= 0.3 is 0 Å². The van der Waals surface area contributed by atoms with E-state index in [1.165, 1.54) is 6.07 Å². The molecule has 0 amide bonds. The first-order valence-electron chi connectivity index (χ1n) is 6.27. The number of benzene rings is 1. The molecule has 0 N–H and O–H groups in total. The van der Waals surface area contributed by atoms with Crippen LogP contribution in [-0.2, 0) is 11.3 Å². The van der Waals surface area contributed by atoms with Crippen LogP contribution >= 0.6 is 11.6 Å². The standard InChI is InChI=1S/C14H17ClFNO/c1-10(18)14-7-2-3-8-17(14)9-11-12(15)5-4-6-13(11)16/h4-6,14H,2-3,7-9H2,1H3. The van der Waals surface area contributed by atoms with Gasteiger partial charge in [0, 0.05) is 17.1 Å². The van der Waals surface area contributed by atoms with E-state index in [-0.39, 0.29) is 17.6 Å². The normalized spacial score (nSPS) is 20.9. The number of likely N-dealkylation sites (tertiary alicyclic amines) is 1. The molecule has 1 saturated heterocycles. The van der Waals surface area contributed by atoms with Gasteiger partial charge in [-0.25, -0.2) is 4.39 Å². The molecule has 0 radical (unpaired) electrons. The lowest BCUT2D eigenvalue weighted by molar-refractivity contribution is -0.123. The average Bonchev–Trinajstić information content (AvgIpc) is 2.34. The third-order valence-electron chi connectivity index (χ3n) is 3.51. The zero-order valence-corrected chi connectivity index (χ0v) is 11.2. The van der Waals surface area contributed by atoms with E-state index in [1.54, 1.807) is 19.1 Å². The highest BCUT2D eigenvalue weighted by atomic mass is 35.5. The van der Waals surface area contributed by atoms with Crippen LogP contribution in [0.4, 0.5) is 4.39 Å². The molecule has 1 aliphatic rings. The first-order valence-corrected chi connectivity index (χ1v) is 6.65. The number of hydrogen-bond donors (Lipinski definition) is 0. The topological polar surface area (TPSA) is 20.3 Å². The smallest absolute Gasteiger partial charge is 0.146 e. The second-order valence-electron chi connectivity index (χ2n) is 4.79. The van der Waals surface area contributed by atoms with Gasteiger partial charge < -0.3 is 0 Å². The summed E-state index contributed by atoms with van der Waals surface area (Å²) in [6.07, 6.45) is 2.98. The van der Waals surface area contributed by atoms with Gasteiger partial charge in [0.15, 0.2) is 0 Å². The molecular weight excluding hydrogens is 253 g/mol. The number of carbonyl (C=O) groups is 1. The molecule has 0 saturated carbocycles. The molecule has 1 aromatic carbocycles.